The molecule has 0 heterocycles. The highest BCUT2D eigenvalue weighted by molar-refractivity contribution is 6.30. The van der Waals surface area contributed by atoms with Crippen LogP contribution in [0.2, 0.25) is 5.02 Å². The van der Waals surface area contributed by atoms with Crippen molar-refractivity contribution in [2.45, 2.75) is 12.2 Å². The Kier molecular flexibility index (Phi) is 4.00. The highest BCUT2D eigenvalue weighted by atomic mass is 35.5. The van der Waals surface area contributed by atoms with Gasteiger partial charge >= 0.3 is 12.1 Å². The Morgan fingerprint density at radius 3 is 2.47 bits per heavy atom. The SMILES string of the molecule is COC(=O)[C@@H](N)c1cc(Cl)cc(C(F)(F)F)c1. The summed E-state index contributed by atoms with van der Waals surface area (Å²) in [5.74, 6) is -0.833. The van der Waals surface area contributed by atoms with E-state index in [1.807, 2.05) is 0 Å². The Balaban J connectivity index is 3.18. The summed E-state index contributed by atoms with van der Waals surface area (Å²) in [6.07, 6.45) is -4.55. The summed E-state index contributed by atoms with van der Waals surface area (Å²) in [5, 5.41) is -0.144. The predicted octanol–water partition coefficient (Wildman–Crippen LogP) is 2.53. The number of methoxy groups -OCH3 is 1. The molecule has 0 aliphatic carbocycles. The first-order valence-electron chi connectivity index (χ1n) is 4.47. The molecule has 0 aliphatic heterocycles. The van der Waals surface area contributed by atoms with E-state index in [0.29, 0.717) is 0 Å². The van der Waals surface area contributed by atoms with Crippen molar-refractivity contribution in [1.29, 1.82) is 0 Å². The number of esters is 1. The average Bonchev–Trinajstić information content (AvgIpc) is 2.25. The number of carbonyl (C=O) groups is 1. The minimum atomic E-state index is -4.55. The molecule has 1 rings (SSSR count). The van der Waals surface area contributed by atoms with Crippen molar-refractivity contribution < 1.29 is 22.7 Å². The van der Waals surface area contributed by atoms with Crippen molar-refractivity contribution in [3.63, 3.8) is 0 Å². The molecule has 0 saturated heterocycles. The molecule has 17 heavy (non-hydrogen) atoms. The van der Waals surface area contributed by atoms with Crippen LogP contribution in [0.5, 0.6) is 0 Å². The molecule has 1 atom stereocenters. The molecular weight excluding hydrogens is 259 g/mol. The minimum absolute atomic E-state index is 0.0447. The van der Waals surface area contributed by atoms with Crippen LogP contribution in [0.1, 0.15) is 17.2 Å². The summed E-state index contributed by atoms with van der Waals surface area (Å²) < 4.78 is 41.8. The van der Waals surface area contributed by atoms with Gasteiger partial charge < -0.3 is 10.5 Å². The molecule has 0 unspecified atom stereocenters. The third-order valence-corrected chi connectivity index (χ3v) is 2.28. The van der Waals surface area contributed by atoms with Gasteiger partial charge in [0.1, 0.15) is 6.04 Å². The van der Waals surface area contributed by atoms with Crippen LogP contribution in [0.4, 0.5) is 13.2 Å². The number of alkyl halides is 3. The van der Waals surface area contributed by atoms with E-state index >= 15 is 0 Å². The lowest BCUT2D eigenvalue weighted by atomic mass is 10.0. The van der Waals surface area contributed by atoms with Gasteiger partial charge in [-0.3, -0.25) is 4.79 Å². The molecule has 0 aromatic heterocycles. The largest absolute Gasteiger partial charge is 0.468 e. The Morgan fingerprint density at radius 2 is 2.00 bits per heavy atom. The van der Waals surface area contributed by atoms with E-state index in [9.17, 15) is 18.0 Å². The first-order chi connectivity index (χ1) is 7.75. The minimum Gasteiger partial charge on any atom is -0.468 e. The zero-order valence-corrected chi connectivity index (χ0v) is 9.47. The second-order valence-corrected chi connectivity index (χ2v) is 3.71. The van der Waals surface area contributed by atoms with Crippen molar-refractivity contribution in [3.8, 4) is 0 Å². The molecule has 1 aromatic rings. The lowest BCUT2D eigenvalue weighted by molar-refractivity contribution is -0.143. The lowest BCUT2D eigenvalue weighted by Crippen LogP contribution is -2.23. The third-order valence-electron chi connectivity index (χ3n) is 2.06. The standard InChI is InChI=1S/C10H9ClF3NO2/c1-17-9(16)8(15)5-2-6(10(12,13)14)4-7(11)3-5/h2-4,8H,15H2,1H3/t8-/m0/s1. The highest BCUT2D eigenvalue weighted by Gasteiger charge is 2.32. The van der Waals surface area contributed by atoms with Crippen LogP contribution in [0, 0.1) is 0 Å². The number of benzene rings is 1. The molecule has 0 saturated carbocycles. The molecule has 0 fully saturated rings. The first kappa shape index (κ1) is 13.8. The van der Waals surface area contributed by atoms with Crippen molar-refractivity contribution >= 4 is 17.6 Å². The number of hydrogen-bond acceptors (Lipinski definition) is 3. The highest BCUT2D eigenvalue weighted by Crippen LogP contribution is 2.33. The van der Waals surface area contributed by atoms with E-state index in [1.54, 1.807) is 0 Å². The Morgan fingerprint density at radius 1 is 1.41 bits per heavy atom. The third kappa shape index (κ3) is 3.34. The maximum absolute atomic E-state index is 12.5. The normalized spacial score (nSPS) is 13.3. The van der Waals surface area contributed by atoms with Gasteiger partial charge in [0.05, 0.1) is 12.7 Å². The van der Waals surface area contributed by atoms with E-state index < -0.39 is 23.8 Å². The monoisotopic (exact) mass is 267 g/mol. The van der Waals surface area contributed by atoms with Gasteiger partial charge in [-0.05, 0) is 23.8 Å². The fourth-order valence-electron chi connectivity index (χ4n) is 1.22. The summed E-state index contributed by atoms with van der Waals surface area (Å²) >= 11 is 5.54. The number of rotatable bonds is 2. The predicted molar refractivity (Wildman–Crippen MR) is 55.4 cm³/mol. The number of hydrogen-bond donors (Lipinski definition) is 1. The summed E-state index contributed by atoms with van der Waals surface area (Å²) in [4.78, 5) is 11.1. The van der Waals surface area contributed by atoms with Gasteiger partial charge in [-0.2, -0.15) is 13.2 Å². The summed E-state index contributed by atoms with van der Waals surface area (Å²) in [6, 6.07) is 1.43. The fraction of sp³-hybridized carbons (Fsp3) is 0.300. The van der Waals surface area contributed by atoms with Gasteiger partial charge in [0.15, 0.2) is 0 Å². The van der Waals surface area contributed by atoms with Gasteiger partial charge in [0.25, 0.3) is 0 Å². The molecule has 0 spiro atoms. The van der Waals surface area contributed by atoms with E-state index in [2.05, 4.69) is 4.74 Å². The average molecular weight is 268 g/mol. The molecule has 7 heteroatoms. The first-order valence-corrected chi connectivity index (χ1v) is 4.84. The fourth-order valence-corrected chi connectivity index (χ4v) is 1.46. The Bertz CT molecular complexity index is 434. The molecule has 3 nitrogen and oxygen atoms in total. The van der Waals surface area contributed by atoms with Crippen molar-refractivity contribution in [2.75, 3.05) is 7.11 Å². The van der Waals surface area contributed by atoms with Crippen LogP contribution < -0.4 is 5.73 Å². The zero-order chi connectivity index (χ0) is 13.2. The van der Waals surface area contributed by atoms with Crippen molar-refractivity contribution in [2.24, 2.45) is 5.73 Å². The second kappa shape index (κ2) is 4.93. The molecule has 0 aliphatic rings. The molecule has 2 N–H and O–H groups in total. The van der Waals surface area contributed by atoms with Gasteiger partial charge in [0, 0.05) is 5.02 Å². The summed E-state index contributed by atoms with van der Waals surface area (Å²) in [7, 11) is 1.09. The summed E-state index contributed by atoms with van der Waals surface area (Å²) in [5.41, 5.74) is 4.43. The molecule has 94 valence electrons. The van der Waals surface area contributed by atoms with Crippen LogP contribution >= 0.6 is 11.6 Å². The van der Waals surface area contributed by atoms with E-state index in [4.69, 9.17) is 17.3 Å². The molecular formula is C10H9ClF3NO2. The number of ether oxygens (including phenoxy) is 1. The van der Waals surface area contributed by atoms with Crippen LogP contribution in [0.15, 0.2) is 18.2 Å². The van der Waals surface area contributed by atoms with E-state index in [0.717, 1.165) is 19.2 Å². The van der Waals surface area contributed by atoms with Crippen LogP contribution in [0.25, 0.3) is 0 Å². The second-order valence-electron chi connectivity index (χ2n) is 3.27. The number of halogens is 4. The van der Waals surface area contributed by atoms with Gasteiger partial charge in [-0.25, -0.2) is 0 Å². The van der Waals surface area contributed by atoms with Gasteiger partial charge in [0.2, 0.25) is 0 Å². The molecule has 0 bridgehead atoms. The number of carbonyl (C=O) groups excluding carboxylic acids is 1. The molecule has 0 radical (unpaired) electrons. The number of nitrogens with two attached hydrogens (primary N) is 1. The van der Waals surface area contributed by atoms with Crippen molar-refractivity contribution in [3.05, 3.63) is 34.3 Å². The maximum atomic E-state index is 12.5. The quantitative estimate of drug-likeness (QED) is 0.838. The molecule has 1 aromatic carbocycles. The summed E-state index contributed by atoms with van der Waals surface area (Å²) in [6.45, 7) is 0. The Labute approximate surface area is 100 Å². The zero-order valence-electron chi connectivity index (χ0n) is 8.72. The maximum Gasteiger partial charge on any atom is 0.416 e. The van der Waals surface area contributed by atoms with Crippen LogP contribution in [-0.2, 0) is 15.7 Å². The van der Waals surface area contributed by atoms with E-state index in [1.165, 1.54) is 6.07 Å². The molecule has 0 amide bonds. The van der Waals surface area contributed by atoms with Crippen LogP contribution in [-0.4, -0.2) is 13.1 Å². The lowest BCUT2D eigenvalue weighted by Gasteiger charge is -2.13. The van der Waals surface area contributed by atoms with Crippen LogP contribution in [0.3, 0.4) is 0 Å². The van der Waals surface area contributed by atoms with Gasteiger partial charge in [-0.1, -0.05) is 11.6 Å². The van der Waals surface area contributed by atoms with Crippen molar-refractivity contribution in [1.82, 2.24) is 0 Å². The van der Waals surface area contributed by atoms with E-state index in [-0.39, 0.29) is 10.6 Å². The topological polar surface area (TPSA) is 52.3 Å². The Hall–Kier alpha value is -1.27. The van der Waals surface area contributed by atoms with Gasteiger partial charge in [-0.15, -0.1) is 0 Å². The smallest absolute Gasteiger partial charge is 0.416 e.